The average Bonchev–Trinajstić information content (AvgIpc) is 1.61. The quantitative estimate of drug-likeness (QED) is 0.534. The maximum atomic E-state index is 12.1. The first kappa shape index (κ1) is 7.93. The Balaban J connectivity index is 2.93. The van der Waals surface area contributed by atoms with Crippen LogP contribution in [0.5, 0.6) is 0 Å². The van der Waals surface area contributed by atoms with Crippen molar-refractivity contribution in [2.24, 2.45) is 5.92 Å². The zero-order chi connectivity index (χ0) is 6.57. The molecule has 0 heterocycles. The molecule has 0 amide bonds. The van der Waals surface area contributed by atoms with Crippen molar-refractivity contribution < 1.29 is 4.39 Å². The SMILES string of the molecule is CC(C)CCC(C)F. The molecule has 0 aromatic rings. The van der Waals surface area contributed by atoms with Gasteiger partial charge < -0.3 is 0 Å². The summed E-state index contributed by atoms with van der Waals surface area (Å²) in [6, 6.07) is 0. The monoisotopic (exact) mass is 118 g/mol. The van der Waals surface area contributed by atoms with E-state index in [0.717, 1.165) is 12.8 Å². The number of alkyl halides is 1. The van der Waals surface area contributed by atoms with Crippen LogP contribution in [0.3, 0.4) is 0 Å². The molecule has 0 aliphatic rings. The molecule has 0 aromatic heterocycles. The van der Waals surface area contributed by atoms with E-state index >= 15 is 0 Å². The molecule has 0 N–H and O–H groups in total. The number of halogens is 1. The van der Waals surface area contributed by atoms with Gasteiger partial charge in [0.25, 0.3) is 0 Å². The van der Waals surface area contributed by atoms with Gasteiger partial charge in [0.15, 0.2) is 0 Å². The van der Waals surface area contributed by atoms with Crippen LogP contribution in [-0.2, 0) is 0 Å². The van der Waals surface area contributed by atoms with Crippen LogP contribution < -0.4 is 0 Å². The third-order valence-corrected chi connectivity index (χ3v) is 1.14. The predicted octanol–water partition coefficient (Wildman–Crippen LogP) is 2.78. The zero-order valence-electron chi connectivity index (χ0n) is 5.95. The average molecular weight is 118 g/mol. The molecule has 0 nitrogen and oxygen atoms in total. The number of hydrogen-bond acceptors (Lipinski definition) is 0. The molecule has 8 heavy (non-hydrogen) atoms. The molecule has 0 fully saturated rings. The Bertz CT molecular complexity index is 40.3. The van der Waals surface area contributed by atoms with Gasteiger partial charge in [-0.05, 0) is 25.7 Å². The first-order valence-corrected chi connectivity index (χ1v) is 3.27. The minimum atomic E-state index is -0.614. The lowest BCUT2D eigenvalue weighted by atomic mass is 10.1. The van der Waals surface area contributed by atoms with Crippen molar-refractivity contribution in [3.05, 3.63) is 0 Å². The van der Waals surface area contributed by atoms with Gasteiger partial charge in [0.1, 0.15) is 0 Å². The lowest BCUT2D eigenvalue weighted by molar-refractivity contribution is 0.318. The van der Waals surface area contributed by atoms with E-state index in [9.17, 15) is 4.39 Å². The molecule has 0 bridgehead atoms. The van der Waals surface area contributed by atoms with Crippen molar-refractivity contribution in [2.75, 3.05) is 0 Å². The van der Waals surface area contributed by atoms with E-state index in [0.29, 0.717) is 5.92 Å². The third kappa shape index (κ3) is 5.93. The molecule has 50 valence electrons. The largest absolute Gasteiger partial charge is 0.248 e. The van der Waals surface area contributed by atoms with Crippen molar-refractivity contribution in [3.63, 3.8) is 0 Å². The molecular formula is C7H15F. The lowest BCUT2D eigenvalue weighted by Crippen LogP contribution is -1.95. The van der Waals surface area contributed by atoms with E-state index in [-0.39, 0.29) is 0 Å². The first-order valence-electron chi connectivity index (χ1n) is 3.27. The van der Waals surface area contributed by atoms with Gasteiger partial charge >= 0.3 is 0 Å². The summed E-state index contributed by atoms with van der Waals surface area (Å²) in [6.45, 7) is 5.84. The van der Waals surface area contributed by atoms with E-state index < -0.39 is 6.17 Å². The van der Waals surface area contributed by atoms with Gasteiger partial charge in [0, 0.05) is 0 Å². The number of rotatable bonds is 3. The smallest absolute Gasteiger partial charge is 0.0973 e. The standard InChI is InChI=1S/C7H15F/c1-6(2)4-5-7(3)8/h6-7H,4-5H2,1-3H3. The predicted molar refractivity (Wildman–Crippen MR) is 34.6 cm³/mol. The Morgan fingerprint density at radius 3 is 1.75 bits per heavy atom. The van der Waals surface area contributed by atoms with Gasteiger partial charge in [-0.25, -0.2) is 4.39 Å². The van der Waals surface area contributed by atoms with Crippen LogP contribution in [0.2, 0.25) is 0 Å². The topological polar surface area (TPSA) is 0 Å². The summed E-state index contributed by atoms with van der Waals surface area (Å²) in [5.41, 5.74) is 0. The molecular weight excluding hydrogens is 103 g/mol. The van der Waals surface area contributed by atoms with Crippen LogP contribution >= 0.6 is 0 Å². The summed E-state index contributed by atoms with van der Waals surface area (Å²) in [4.78, 5) is 0. The van der Waals surface area contributed by atoms with Gasteiger partial charge in [0.2, 0.25) is 0 Å². The summed E-state index contributed by atoms with van der Waals surface area (Å²) in [5.74, 6) is 0.646. The highest BCUT2D eigenvalue weighted by Gasteiger charge is 1.98. The maximum Gasteiger partial charge on any atom is 0.0973 e. The fraction of sp³-hybridized carbons (Fsp3) is 1.00. The van der Waals surface area contributed by atoms with Crippen LogP contribution in [0.25, 0.3) is 0 Å². The molecule has 1 heteroatoms. The van der Waals surface area contributed by atoms with Gasteiger partial charge in [-0.2, -0.15) is 0 Å². The van der Waals surface area contributed by atoms with Crippen molar-refractivity contribution in [1.82, 2.24) is 0 Å². The summed E-state index contributed by atoms with van der Waals surface area (Å²) in [7, 11) is 0. The van der Waals surface area contributed by atoms with E-state index in [1.807, 2.05) is 0 Å². The van der Waals surface area contributed by atoms with Crippen LogP contribution in [0, 0.1) is 5.92 Å². The second-order valence-electron chi connectivity index (χ2n) is 2.75. The first-order chi connectivity index (χ1) is 3.63. The summed E-state index contributed by atoms with van der Waals surface area (Å²) >= 11 is 0. The van der Waals surface area contributed by atoms with Gasteiger partial charge in [-0.1, -0.05) is 13.8 Å². The Labute approximate surface area is 51.1 Å². The van der Waals surface area contributed by atoms with Crippen LogP contribution in [0.1, 0.15) is 33.6 Å². The van der Waals surface area contributed by atoms with Crippen molar-refractivity contribution >= 4 is 0 Å². The van der Waals surface area contributed by atoms with E-state index in [2.05, 4.69) is 13.8 Å². The Kier molecular flexibility index (Phi) is 3.84. The molecule has 0 aliphatic carbocycles. The fourth-order valence-corrected chi connectivity index (χ4v) is 0.563. The van der Waals surface area contributed by atoms with Gasteiger partial charge in [-0.15, -0.1) is 0 Å². The number of hydrogen-bond donors (Lipinski definition) is 0. The summed E-state index contributed by atoms with van der Waals surface area (Å²) < 4.78 is 12.1. The Morgan fingerprint density at radius 2 is 1.62 bits per heavy atom. The van der Waals surface area contributed by atoms with Gasteiger partial charge in [-0.3, -0.25) is 0 Å². The van der Waals surface area contributed by atoms with E-state index in [1.54, 1.807) is 6.92 Å². The van der Waals surface area contributed by atoms with E-state index in [1.165, 1.54) is 0 Å². The highest BCUT2D eigenvalue weighted by atomic mass is 19.1. The molecule has 0 spiro atoms. The fourth-order valence-electron chi connectivity index (χ4n) is 0.563. The maximum absolute atomic E-state index is 12.1. The van der Waals surface area contributed by atoms with Gasteiger partial charge in [0.05, 0.1) is 6.17 Å². The minimum Gasteiger partial charge on any atom is -0.248 e. The summed E-state index contributed by atoms with van der Waals surface area (Å²) in [5, 5.41) is 0. The van der Waals surface area contributed by atoms with Crippen molar-refractivity contribution in [3.8, 4) is 0 Å². The van der Waals surface area contributed by atoms with E-state index in [4.69, 9.17) is 0 Å². The molecule has 0 saturated carbocycles. The van der Waals surface area contributed by atoms with Crippen LogP contribution in [0.15, 0.2) is 0 Å². The molecule has 1 unspecified atom stereocenters. The molecule has 0 aliphatic heterocycles. The highest BCUT2D eigenvalue weighted by molar-refractivity contribution is 4.50. The van der Waals surface area contributed by atoms with Crippen molar-refractivity contribution in [2.45, 2.75) is 39.8 Å². The zero-order valence-corrected chi connectivity index (χ0v) is 5.95. The second-order valence-corrected chi connectivity index (χ2v) is 2.75. The molecule has 0 rings (SSSR count). The lowest BCUT2D eigenvalue weighted by Gasteiger charge is -2.03. The highest BCUT2D eigenvalue weighted by Crippen LogP contribution is 2.07. The summed E-state index contributed by atoms with van der Waals surface area (Å²) in [6.07, 6.45) is 1.12. The Hall–Kier alpha value is -0.0700. The van der Waals surface area contributed by atoms with Crippen molar-refractivity contribution in [1.29, 1.82) is 0 Å². The molecule has 0 saturated heterocycles. The van der Waals surface area contributed by atoms with Crippen LogP contribution in [-0.4, -0.2) is 6.17 Å². The molecule has 1 atom stereocenters. The molecule has 0 aromatic carbocycles. The third-order valence-electron chi connectivity index (χ3n) is 1.14. The van der Waals surface area contributed by atoms with Crippen LogP contribution in [0.4, 0.5) is 4.39 Å². The second kappa shape index (κ2) is 3.88. The Morgan fingerprint density at radius 1 is 1.12 bits per heavy atom. The molecule has 0 radical (unpaired) electrons. The normalized spacial score (nSPS) is 14.6. The minimum absolute atomic E-state index is 0.614.